The van der Waals surface area contributed by atoms with E-state index in [2.05, 4.69) is 0 Å². The average Bonchev–Trinajstić information content (AvgIpc) is 3.01. The van der Waals surface area contributed by atoms with Crippen molar-refractivity contribution in [2.75, 3.05) is 18.1 Å². The Kier molecular flexibility index (Phi) is 5.03. The normalized spacial score (nSPS) is 17.3. The number of aliphatic hydroxyl groups excluding tert-OH is 1. The van der Waals surface area contributed by atoms with E-state index in [4.69, 9.17) is 14.6 Å². The van der Waals surface area contributed by atoms with E-state index in [1.165, 1.54) is 11.0 Å². The SMILES string of the molecule is O=C1OC(CO)CN1c1ccc(OCc2cccc(C(F)(F)F)c2)cc1. The second kappa shape index (κ2) is 7.25. The fourth-order valence-electron chi connectivity index (χ4n) is 2.55. The van der Waals surface area contributed by atoms with Gasteiger partial charge in [0.05, 0.1) is 18.7 Å². The number of halogens is 3. The Balaban J connectivity index is 1.63. The van der Waals surface area contributed by atoms with E-state index in [-0.39, 0.29) is 19.8 Å². The molecule has 1 heterocycles. The molecule has 1 N–H and O–H groups in total. The number of ether oxygens (including phenoxy) is 2. The van der Waals surface area contributed by atoms with Crippen molar-refractivity contribution in [1.82, 2.24) is 0 Å². The van der Waals surface area contributed by atoms with Gasteiger partial charge in [-0.15, -0.1) is 0 Å². The van der Waals surface area contributed by atoms with Gasteiger partial charge < -0.3 is 14.6 Å². The van der Waals surface area contributed by atoms with Crippen molar-refractivity contribution >= 4 is 11.8 Å². The lowest BCUT2D eigenvalue weighted by Gasteiger charge is -2.14. The second-order valence-corrected chi connectivity index (χ2v) is 5.78. The summed E-state index contributed by atoms with van der Waals surface area (Å²) < 4.78 is 48.6. The zero-order chi connectivity index (χ0) is 18.7. The fraction of sp³-hybridized carbons (Fsp3) is 0.278. The molecule has 1 aliphatic rings. The van der Waals surface area contributed by atoms with Gasteiger partial charge in [-0.05, 0) is 42.0 Å². The summed E-state index contributed by atoms with van der Waals surface area (Å²) in [5.74, 6) is 0.456. The van der Waals surface area contributed by atoms with Crippen molar-refractivity contribution in [3.63, 3.8) is 0 Å². The molecule has 1 unspecified atom stereocenters. The van der Waals surface area contributed by atoms with E-state index in [1.807, 2.05) is 0 Å². The number of nitrogens with zero attached hydrogens (tertiary/aromatic N) is 1. The van der Waals surface area contributed by atoms with Gasteiger partial charge in [0.15, 0.2) is 0 Å². The van der Waals surface area contributed by atoms with Crippen LogP contribution in [-0.2, 0) is 17.5 Å². The van der Waals surface area contributed by atoms with Gasteiger partial charge in [-0.1, -0.05) is 12.1 Å². The summed E-state index contributed by atoms with van der Waals surface area (Å²) in [6.07, 6.45) is -5.49. The Morgan fingerprint density at radius 1 is 1.19 bits per heavy atom. The third-order valence-electron chi connectivity index (χ3n) is 3.89. The molecule has 3 rings (SSSR count). The number of cyclic esters (lactones) is 1. The highest BCUT2D eigenvalue weighted by atomic mass is 19.4. The van der Waals surface area contributed by atoms with Crippen LogP contribution in [0.2, 0.25) is 0 Å². The Morgan fingerprint density at radius 3 is 2.54 bits per heavy atom. The summed E-state index contributed by atoms with van der Waals surface area (Å²) in [6.45, 7) is -0.0121. The first-order valence-electron chi connectivity index (χ1n) is 7.85. The van der Waals surface area contributed by atoms with Crippen molar-refractivity contribution in [3.8, 4) is 5.75 Å². The van der Waals surface area contributed by atoms with Gasteiger partial charge in [-0.2, -0.15) is 13.2 Å². The molecule has 0 aromatic heterocycles. The monoisotopic (exact) mass is 367 g/mol. The Hall–Kier alpha value is -2.74. The number of carbonyl (C=O) groups excluding carboxylic acids is 1. The van der Waals surface area contributed by atoms with Gasteiger partial charge in [0.2, 0.25) is 0 Å². The van der Waals surface area contributed by atoms with Gasteiger partial charge in [0, 0.05) is 5.69 Å². The number of anilines is 1. The predicted octanol–water partition coefficient (Wildman–Crippen LogP) is 3.60. The van der Waals surface area contributed by atoms with Gasteiger partial charge in [-0.25, -0.2) is 4.79 Å². The first-order valence-corrected chi connectivity index (χ1v) is 7.85. The van der Waals surface area contributed by atoms with Crippen LogP contribution in [0.4, 0.5) is 23.7 Å². The highest BCUT2D eigenvalue weighted by Crippen LogP contribution is 2.30. The third kappa shape index (κ3) is 4.08. The largest absolute Gasteiger partial charge is 0.489 e. The summed E-state index contributed by atoms with van der Waals surface area (Å²) >= 11 is 0. The fourth-order valence-corrected chi connectivity index (χ4v) is 2.55. The van der Waals surface area contributed by atoms with Crippen LogP contribution in [0.25, 0.3) is 0 Å². The van der Waals surface area contributed by atoms with Gasteiger partial charge in [-0.3, -0.25) is 4.90 Å². The number of rotatable bonds is 5. The number of benzene rings is 2. The number of hydrogen-bond donors (Lipinski definition) is 1. The minimum absolute atomic E-state index is 0.0123. The lowest BCUT2D eigenvalue weighted by atomic mass is 10.1. The Morgan fingerprint density at radius 2 is 1.92 bits per heavy atom. The molecule has 5 nitrogen and oxygen atoms in total. The standard InChI is InChI=1S/C18H16F3NO4/c19-18(20,21)13-3-1-2-12(8-13)11-25-15-6-4-14(5-7-15)22-9-16(10-23)26-17(22)24/h1-8,16,23H,9-11H2. The van der Waals surface area contributed by atoms with E-state index in [1.54, 1.807) is 30.3 Å². The van der Waals surface area contributed by atoms with Crippen molar-refractivity contribution in [2.24, 2.45) is 0 Å². The zero-order valence-electron chi connectivity index (χ0n) is 13.6. The van der Waals surface area contributed by atoms with E-state index in [9.17, 15) is 18.0 Å². The molecule has 1 amide bonds. The number of amides is 1. The molecule has 1 saturated heterocycles. The lowest BCUT2D eigenvalue weighted by Crippen LogP contribution is -2.25. The maximum absolute atomic E-state index is 12.7. The topological polar surface area (TPSA) is 59.0 Å². The Labute approximate surface area is 147 Å². The van der Waals surface area contributed by atoms with Crippen molar-refractivity contribution < 1.29 is 32.5 Å². The third-order valence-corrected chi connectivity index (χ3v) is 3.89. The van der Waals surface area contributed by atoms with E-state index < -0.39 is 23.9 Å². The van der Waals surface area contributed by atoms with Crippen LogP contribution in [0, 0.1) is 0 Å². The maximum atomic E-state index is 12.7. The van der Waals surface area contributed by atoms with Crippen LogP contribution in [0.1, 0.15) is 11.1 Å². The van der Waals surface area contributed by atoms with Gasteiger partial charge in [0.1, 0.15) is 18.5 Å². The summed E-state index contributed by atoms with van der Waals surface area (Å²) in [7, 11) is 0. The molecule has 8 heteroatoms. The van der Waals surface area contributed by atoms with Crippen LogP contribution in [0.3, 0.4) is 0 Å². The number of carbonyl (C=O) groups is 1. The second-order valence-electron chi connectivity index (χ2n) is 5.78. The van der Waals surface area contributed by atoms with Crippen LogP contribution < -0.4 is 9.64 Å². The first-order chi connectivity index (χ1) is 12.4. The predicted molar refractivity (Wildman–Crippen MR) is 86.9 cm³/mol. The van der Waals surface area contributed by atoms with Crippen LogP contribution in [0.15, 0.2) is 48.5 Å². The first kappa shape index (κ1) is 18.1. The van der Waals surface area contributed by atoms with E-state index in [0.29, 0.717) is 17.0 Å². The zero-order valence-corrected chi connectivity index (χ0v) is 13.6. The molecule has 0 radical (unpaired) electrons. The molecule has 0 spiro atoms. The number of hydrogen-bond acceptors (Lipinski definition) is 4. The minimum atomic E-state index is -4.39. The van der Waals surface area contributed by atoms with Crippen molar-refractivity contribution in [3.05, 3.63) is 59.7 Å². The molecule has 138 valence electrons. The molecule has 2 aromatic carbocycles. The van der Waals surface area contributed by atoms with Crippen molar-refractivity contribution in [1.29, 1.82) is 0 Å². The molecule has 1 fully saturated rings. The quantitative estimate of drug-likeness (QED) is 0.877. The molecular formula is C18H16F3NO4. The maximum Gasteiger partial charge on any atom is 0.416 e. The molecule has 0 bridgehead atoms. The van der Waals surface area contributed by atoms with Crippen LogP contribution in [0.5, 0.6) is 5.75 Å². The average molecular weight is 367 g/mol. The van der Waals surface area contributed by atoms with Gasteiger partial charge >= 0.3 is 12.3 Å². The summed E-state index contributed by atoms with van der Waals surface area (Å²) in [5.41, 5.74) is 0.259. The van der Waals surface area contributed by atoms with Gasteiger partial charge in [0.25, 0.3) is 0 Å². The van der Waals surface area contributed by atoms with E-state index in [0.717, 1.165) is 12.1 Å². The minimum Gasteiger partial charge on any atom is -0.489 e. The molecule has 26 heavy (non-hydrogen) atoms. The molecule has 0 saturated carbocycles. The molecule has 0 aliphatic carbocycles. The number of aliphatic hydroxyl groups is 1. The van der Waals surface area contributed by atoms with Crippen molar-refractivity contribution in [2.45, 2.75) is 18.9 Å². The molecule has 1 atom stereocenters. The number of alkyl halides is 3. The highest BCUT2D eigenvalue weighted by Gasteiger charge is 2.32. The van der Waals surface area contributed by atoms with Crippen LogP contribution in [-0.4, -0.2) is 30.5 Å². The smallest absolute Gasteiger partial charge is 0.416 e. The highest BCUT2D eigenvalue weighted by molar-refractivity contribution is 5.89. The summed E-state index contributed by atoms with van der Waals surface area (Å²) in [5, 5.41) is 9.05. The molecule has 2 aromatic rings. The summed E-state index contributed by atoms with van der Waals surface area (Å²) in [6, 6.07) is 11.5. The summed E-state index contributed by atoms with van der Waals surface area (Å²) in [4.78, 5) is 13.1. The lowest BCUT2D eigenvalue weighted by molar-refractivity contribution is -0.137. The molecular weight excluding hydrogens is 351 g/mol. The molecule has 1 aliphatic heterocycles. The Bertz CT molecular complexity index is 777. The van der Waals surface area contributed by atoms with Crippen LogP contribution >= 0.6 is 0 Å². The van der Waals surface area contributed by atoms with E-state index >= 15 is 0 Å².